The van der Waals surface area contributed by atoms with Crippen molar-refractivity contribution < 1.29 is 29.8 Å². The third-order valence-corrected chi connectivity index (χ3v) is 3.50. The zero-order valence-corrected chi connectivity index (χ0v) is 10.4. The van der Waals surface area contributed by atoms with Gasteiger partial charge in [-0.3, -0.25) is 9.68 Å². The van der Waals surface area contributed by atoms with E-state index in [1.54, 1.807) is 0 Å². The maximum absolute atomic E-state index is 11.0. The first-order valence-electron chi connectivity index (χ1n) is 6.12. The Morgan fingerprint density at radius 2 is 2.05 bits per heavy atom. The van der Waals surface area contributed by atoms with Gasteiger partial charge in [0.15, 0.2) is 0 Å². The van der Waals surface area contributed by atoms with Crippen LogP contribution in [-0.2, 0) is 9.68 Å². The molecular formula is C12H14N2O6. The van der Waals surface area contributed by atoms with Gasteiger partial charge < -0.3 is 15.3 Å². The van der Waals surface area contributed by atoms with Crippen LogP contribution in [0.15, 0.2) is 18.2 Å². The minimum Gasteiger partial charge on any atom is -0.478 e. The van der Waals surface area contributed by atoms with Gasteiger partial charge in [0.1, 0.15) is 18.7 Å². The minimum atomic E-state index is -1.14. The number of carboxylic acids is 1. The lowest BCUT2D eigenvalue weighted by Crippen LogP contribution is -2.45. The number of nitrogens with zero attached hydrogens (tertiary/aromatic N) is 1. The molecule has 0 amide bonds. The van der Waals surface area contributed by atoms with Crippen LogP contribution in [0.2, 0.25) is 0 Å². The number of hydrogen-bond acceptors (Lipinski definition) is 7. The monoisotopic (exact) mass is 282 g/mol. The first-order valence-corrected chi connectivity index (χ1v) is 6.12. The van der Waals surface area contributed by atoms with Crippen LogP contribution >= 0.6 is 0 Å². The van der Waals surface area contributed by atoms with Gasteiger partial charge in [0, 0.05) is 17.5 Å². The van der Waals surface area contributed by atoms with E-state index in [9.17, 15) is 15.0 Å². The van der Waals surface area contributed by atoms with Gasteiger partial charge in [-0.2, -0.15) is 0 Å². The highest BCUT2D eigenvalue weighted by atomic mass is 16.9. The van der Waals surface area contributed by atoms with E-state index >= 15 is 0 Å². The summed E-state index contributed by atoms with van der Waals surface area (Å²) >= 11 is 0. The van der Waals surface area contributed by atoms with E-state index < -0.39 is 24.7 Å². The molecule has 8 nitrogen and oxygen atoms in total. The van der Waals surface area contributed by atoms with Crippen LogP contribution in [0, 0.1) is 0 Å². The molecule has 0 aromatic heterocycles. The summed E-state index contributed by atoms with van der Waals surface area (Å²) in [6, 6.07) is 4.25. The number of nitrogens with one attached hydrogen (secondary N) is 1. The molecule has 3 unspecified atom stereocenters. The number of hydrogen-bond donors (Lipinski definition) is 4. The molecule has 0 saturated carbocycles. The highest BCUT2D eigenvalue weighted by Crippen LogP contribution is 2.41. The first-order chi connectivity index (χ1) is 9.59. The summed E-state index contributed by atoms with van der Waals surface area (Å²) < 4.78 is 0. The lowest BCUT2D eigenvalue weighted by atomic mass is 10.1. The van der Waals surface area contributed by atoms with Crippen LogP contribution in [-0.4, -0.2) is 39.0 Å². The number of carbonyl (C=O) groups is 1. The molecule has 20 heavy (non-hydrogen) atoms. The second-order valence-electron chi connectivity index (χ2n) is 4.64. The molecule has 3 atom stereocenters. The number of benzene rings is 1. The summed E-state index contributed by atoms with van der Waals surface area (Å²) in [4.78, 5) is 22.3. The molecule has 8 heteroatoms. The summed E-state index contributed by atoms with van der Waals surface area (Å²) in [5.41, 5.74) is 3.15. The number of aliphatic hydroxyl groups excluding tert-OH is 2. The van der Waals surface area contributed by atoms with E-state index in [1.165, 1.54) is 23.1 Å². The van der Waals surface area contributed by atoms with Crippen molar-refractivity contribution in [3.63, 3.8) is 0 Å². The average molecular weight is 282 g/mol. The molecule has 1 aromatic rings. The smallest absolute Gasteiger partial charge is 0.335 e. The molecule has 4 N–H and O–H groups in total. The van der Waals surface area contributed by atoms with E-state index in [4.69, 9.17) is 14.8 Å². The lowest BCUT2D eigenvalue weighted by Gasteiger charge is -2.34. The summed E-state index contributed by atoms with van der Waals surface area (Å²) in [5.74, 6) is -1.09. The van der Waals surface area contributed by atoms with Crippen LogP contribution in [0.3, 0.4) is 0 Å². The molecule has 0 bridgehead atoms. The normalized spacial score (nSPS) is 30.2. The molecular weight excluding hydrogens is 268 g/mol. The molecule has 3 rings (SSSR count). The number of rotatable bonds is 2. The fourth-order valence-corrected chi connectivity index (χ4v) is 2.50. The van der Waals surface area contributed by atoms with Gasteiger partial charge in [0.2, 0.25) is 0 Å². The molecule has 1 aromatic carbocycles. The predicted molar refractivity (Wildman–Crippen MR) is 63.7 cm³/mol. The number of aromatic carboxylic acids is 1. The maximum Gasteiger partial charge on any atom is 0.335 e. The van der Waals surface area contributed by atoms with Gasteiger partial charge in [-0.15, -0.1) is 0 Å². The highest BCUT2D eigenvalue weighted by molar-refractivity contribution is 5.88. The van der Waals surface area contributed by atoms with E-state index in [2.05, 4.69) is 5.64 Å². The zero-order chi connectivity index (χ0) is 14.3. The third-order valence-electron chi connectivity index (χ3n) is 3.50. The van der Waals surface area contributed by atoms with E-state index in [0.717, 1.165) is 0 Å². The van der Waals surface area contributed by atoms with E-state index in [-0.39, 0.29) is 5.56 Å². The third kappa shape index (κ3) is 2.08. The predicted octanol–water partition coefficient (Wildman–Crippen LogP) is -0.135. The van der Waals surface area contributed by atoms with E-state index in [0.29, 0.717) is 24.2 Å². The molecule has 0 spiro atoms. The number of fused-ring (bicyclic) bond motifs is 1. The van der Waals surface area contributed by atoms with Crippen LogP contribution in [0.5, 0.6) is 0 Å². The van der Waals surface area contributed by atoms with Gasteiger partial charge in [-0.1, -0.05) is 11.7 Å². The molecule has 0 radical (unpaired) electrons. The Morgan fingerprint density at radius 3 is 2.70 bits per heavy atom. The molecule has 1 fully saturated rings. The Balaban J connectivity index is 1.92. The standard InChI is InChI=1S/C12H14N2O6/c15-10-7-2-1-6(12(17)18)5-8(7)11(16)14(10)9-3-4-19-13-20-9/h1-2,5,9-11,13,15-16H,3-4H2,(H,17,18). The van der Waals surface area contributed by atoms with Crippen molar-refractivity contribution in [1.29, 1.82) is 0 Å². The Kier molecular flexibility index (Phi) is 3.42. The van der Waals surface area contributed by atoms with Crippen molar-refractivity contribution in [3.8, 4) is 0 Å². The maximum atomic E-state index is 11.0. The van der Waals surface area contributed by atoms with Crippen LogP contribution in [0.1, 0.15) is 40.4 Å². The molecule has 1 saturated heterocycles. The largest absolute Gasteiger partial charge is 0.478 e. The highest BCUT2D eigenvalue weighted by Gasteiger charge is 2.42. The minimum absolute atomic E-state index is 0.0582. The zero-order valence-electron chi connectivity index (χ0n) is 10.4. The van der Waals surface area contributed by atoms with Gasteiger partial charge >= 0.3 is 5.97 Å². The number of carboxylic acid groups (broad SMARTS) is 1. The second kappa shape index (κ2) is 5.09. The fourth-order valence-electron chi connectivity index (χ4n) is 2.50. The Labute approximate surface area is 114 Å². The summed E-state index contributed by atoms with van der Waals surface area (Å²) in [6.45, 7) is 0.372. The van der Waals surface area contributed by atoms with Gasteiger partial charge in [-0.25, -0.2) is 9.69 Å². The van der Waals surface area contributed by atoms with Crippen LogP contribution in [0.4, 0.5) is 0 Å². The first kappa shape index (κ1) is 13.4. The SMILES string of the molecule is O=C(O)c1ccc2c(c1)C(O)N(C1CCONO1)C2O. The van der Waals surface area contributed by atoms with Gasteiger partial charge in [0.25, 0.3) is 0 Å². The van der Waals surface area contributed by atoms with E-state index in [1.807, 2.05) is 0 Å². The van der Waals surface area contributed by atoms with Crippen molar-refractivity contribution in [2.75, 3.05) is 6.61 Å². The topological polar surface area (TPSA) is 111 Å². The summed E-state index contributed by atoms with van der Waals surface area (Å²) in [7, 11) is 0. The second-order valence-corrected chi connectivity index (χ2v) is 4.64. The van der Waals surface area contributed by atoms with Crippen molar-refractivity contribution in [3.05, 3.63) is 34.9 Å². The Hall–Kier alpha value is -1.55. The quantitative estimate of drug-likeness (QED) is 0.593. The van der Waals surface area contributed by atoms with Crippen LogP contribution < -0.4 is 5.64 Å². The van der Waals surface area contributed by atoms with Crippen molar-refractivity contribution in [2.24, 2.45) is 0 Å². The summed E-state index contributed by atoms with van der Waals surface area (Å²) in [6.07, 6.45) is -2.31. The molecule has 0 aliphatic carbocycles. The van der Waals surface area contributed by atoms with Crippen LogP contribution in [0.25, 0.3) is 0 Å². The average Bonchev–Trinajstić information content (AvgIpc) is 2.71. The Bertz CT molecular complexity index is 531. The van der Waals surface area contributed by atoms with Crippen molar-refractivity contribution in [1.82, 2.24) is 10.5 Å². The molecule has 2 aliphatic heterocycles. The number of aliphatic hydroxyl groups is 2. The van der Waals surface area contributed by atoms with Gasteiger partial charge in [0.05, 0.1) is 12.2 Å². The summed E-state index contributed by atoms with van der Waals surface area (Å²) in [5, 5.41) is 29.5. The lowest BCUT2D eigenvalue weighted by molar-refractivity contribution is -0.305. The molecule has 2 heterocycles. The van der Waals surface area contributed by atoms with Crippen molar-refractivity contribution in [2.45, 2.75) is 25.1 Å². The van der Waals surface area contributed by atoms with Crippen molar-refractivity contribution >= 4 is 5.97 Å². The van der Waals surface area contributed by atoms with Gasteiger partial charge in [-0.05, 0) is 12.1 Å². The Morgan fingerprint density at radius 1 is 1.30 bits per heavy atom. The molecule has 2 aliphatic rings. The fraction of sp³-hybridized carbons (Fsp3) is 0.417. The molecule has 108 valence electrons.